The van der Waals surface area contributed by atoms with E-state index in [1.165, 1.54) is 12.1 Å². The van der Waals surface area contributed by atoms with Gasteiger partial charge in [0.25, 0.3) is 0 Å². The molecule has 0 atom stereocenters. The fraction of sp³-hybridized carbons (Fsp3) is 0.294. The fourth-order valence-corrected chi connectivity index (χ4v) is 4.09. The van der Waals surface area contributed by atoms with Crippen LogP contribution in [0.5, 0.6) is 5.75 Å². The molecule has 2 aromatic rings. The van der Waals surface area contributed by atoms with Crippen LogP contribution in [0.2, 0.25) is 0 Å². The molecule has 2 rings (SSSR count). The molecule has 22 heavy (non-hydrogen) atoms. The molecule has 2 aromatic carbocycles. The molecule has 0 aliphatic carbocycles. The van der Waals surface area contributed by atoms with Gasteiger partial charge in [0.2, 0.25) is 0 Å². The molecule has 0 N–H and O–H groups in total. The average molecular weight is 421 g/mol. The number of unbranched alkanes of at least 4 members (excludes halogenated alkanes) is 1. The summed E-state index contributed by atoms with van der Waals surface area (Å²) in [4.78, 5) is 0. The first-order valence-electron chi connectivity index (χ1n) is 7.04. The third-order valence-electron chi connectivity index (χ3n) is 2.95. The van der Waals surface area contributed by atoms with Crippen molar-refractivity contribution in [1.29, 1.82) is 0 Å². The molecule has 0 saturated heterocycles. The van der Waals surface area contributed by atoms with Crippen LogP contribution in [0.3, 0.4) is 0 Å². The van der Waals surface area contributed by atoms with Crippen LogP contribution in [0, 0.1) is 7.14 Å². The van der Waals surface area contributed by atoms with Crippen LogP contribution in [0.15, 0.2) is 48.5 Å². The Morgan fingerprint density at radius 1 is 1.00 bits per heavy atom. The molecular formula is C17H17F3IO-. The number of ether oxygens (including phenoxy) is 1. The fourth-order valence-electron chi connectivity index (χ4n) is 1.78. The number of alkyl halides is 3. The van der Waals surface area contributed by atoms with E-state index in [1.54, 1.807) is 6.07 Å². The molecule has 0 fully saturated rings. The van der Waals surface area contributed by atoms with Gasteiger partial charge < -0.3 is 0 Å². The van der Waals surface area contributed by atoms with Crippen molar-refractivity contribution in [3.05, 3.63) is 61.2 Å². The van der Waals surface area contributed by atoms with Gasteiger partial charge in [-0.2, -0.15) is 0 Å². The molecule has 0 spiro atoms. The van der Waals surface area contributed by atoms with Crippen molar-refractivity contribution >= 4 is 0 Å². The van der Waals surface area contributed by atoms with Gasteiger partial charge in [0.1, 0.15) is 0 Å². The van der Waals surface area contributed by atoms with E-state index in [0.29, 0.717) is 6.61 Å². The first kappa shape index (κ1) is 17.1. The molecule has 0 aliphatic rings. The molecule has 0 aromatic heterocycles. The van der Waals surface area contributed by atoms with Crippen LogP contribution in [0.1, 0.15) is 25.3 Å². The normalized spacial score (nSPS) is 11.6. The van der Waals surface area contributed by atoms with Gasteiger partial charge in [0, 0.05) is 0 Å². The SMILES string of the molecule is CCCCOc1ccc([I-]c2cccc(C(F)(F)F)c2)cc1. The summed E-state index contributed by atoms with van der Waals surface area (Å²) in [6.45, 7) is 2.80. The molecule has 0 amide bonds. The molecule has 0 aliphatic heterocycles. The van der Waals surface area contributed by atoms with E-state index in [9.17, 15) is 13.2 Å². The number of hydrogen-bond acceptors (Lipinski definition) is 1. The summed E-state index contributed by atoms with van der Waals surface area (Å²) in [5.41, 5.74) is -0.579. The molecule has 120 valence electrons. The van der Waals surface area contributed by atoms with Gasteiger partial charge in [-0.1, -0.05) is 0 Å². The van der Waals surface area contributed by atoms with Gasteiger partial charge in [-0.05, 0) is 0 Å². The minimum atomic E-state index is -4.28. The number of halogens is 4. The molecule has 0 radical (unpaired) electrons. The van der Waals surface area contributed by atoms with Crippen LogP contribution < -0.4 is 25.9 Å². The van der Waals surface area contributed by atoms with Gasteiger partial charge in [0.05, 0.1) is 0 Å². The van der Waals surface area contributed by atoms with Gasteiger partial charge in [-0.25, -0.2) is 0 Å². The quantitative estimate of drug-likeness (QED) is 0.513. The van der Waals surface area contributed by atoms with E-state index in [0.717, 1.165) is 31.8 Å². The van der Waals surface area contributed by atoms with Gasteiger partial charge >= 0.3 is 139 Å². The Hall–Kier alpha value is -1.24. The predicted octanol–water partition coefficient (Wildman–Crippen LogP) is 2.01. The van der Waals surface area contributed by atoms with Crippen molar-refractivity contribution in [3.63, 3.8) is 0 Å². The summed E-state index contributed by atoms with van der Waals surface area (Å²) >= 11 is -0.622. The van der Waals surface area contributed by atoms with Crippen LogP contribution >= 0.6 is 0 Å². The second kappa shape index (κ2) is 7.85. The Kier molecular flexibility index (Phi) is 6.11. The molecule has 5 heteroatoms. The topological polar surface area (TPSA) is 9.23 Å². The van der Waals surface area contributed by atoms with Crippen molar-refractivity contribution in [2.45, 2.75) is 25.9 Å². The van der Waals surface area contributed by atoms with E-state index < -0.39 is 32.9 Å². The summed E-state index contributed by atoms with van der Waals surface area (Å²) < 4.78 is 45.5. The van der Waals surface area contributed by atoms with Crippen LogP contribution in [-0.2, 0) is 6.18 Å². The molecular weight excluding hydrogens is 404 g/mol. The Bertz CT molecular complexity index is 594. The Morgan fingerprint density at radius 3 is 2.36 bits per heavy atom. The zero-order chi connectivity index (χ0) is 16.0. The molecule has 0 unspecified atom stereocenters. The van der Waals surface area contributed by atoms with Crippen molar-refractivity contribution < 1.29 is 39.1 Å². The molecule has 0 saturated carbocycles. The third-order valence-corrected chi connectivity index (χ3v) is 5.59. The number of rotatable bonds is 6. The van der Waals surface area contributed by atoms with E-state index >= 15 is 0 Å². The first-order chi connectivity index (χ1) is 10.5. The number of hydrogen-bond donors (Lipinski definition) is 0. The number of benzene rings is 2. The van der Waals surface area contributed by atoms with Crippen LogP contribution in [0.4, 0.5) is 13.2 Å². The van der Waals surface area contributed by atoms with E-state index in [2.05, 4.69) is 6.92 Å². The zero-order valence-corrected chi connectivity index (χ0v) is 14.3. The summed E-state index contributed by atoms with van der Waals surface area (Å²) in [7, 11) is 0. The van der Waals surface area contributed by atoms with Crippen molar-refractivity contribution in [2.75, 3.05) is 6.61 Å². The maximum absolute atomic E-state index is 12.7. The summed E-state index contributed by atoms with van der Waals surface area (Å²) in [5, 5.41) is 0. The maximum atomic E-state index is 12.7. The summed E-state index contributed by atoms with van der Waals surface area (Å²) in [5.74, 6) is 0.810. The minimum absolute atomic E-state index is 0.579. The standard InChI is InChI=1S/C17H17F3IO/c1-2-3-11-22-16-9-7-14(8-10-16)21-15-6-4-5-13(12-15)17(18,19)20/h4-10,12H,2-3,11H2,1H3/q-1. The average Bonchev–Trinajstić information content (AvgIpc) is 2.49. The van der Waals surface area contributed by atoms with Crippen molar-refractivity contribution in [2.24, 2.45) is 0 Å². The van der Waals surface area contributed by atoms with Crippen molar-refractivity contribution in [3.8, 4) is 5.75 Å². The zero-order valence-electron chi connectivity index (χ0n) is 12.2. The first-order valence-corrected chi connectivity index (χ1v) is 9.20. The third kappa shape index (κ3) is 5.19. The Morgan fingerprint density at radius 2 is 1.73 bits per heavy atom. The second-order valence-electron chi connectivity index (χ2n) is 4.76. The van der Waals surface area contributed by atoms with Crippen LogP contribution in [0.25, 0.3) is 0 Å². The summed E-state index contributed by atoms with van der Waals surface area (Å²) in [6, 6.07) is 13.2. The Balaban J connectivity index is 2.02. The monoisotopic (exact) mass is 421 g/mol. The van der Waals surface area contributed by atoms with E-state index in [-0.39, 0.29) is 0 Å². The second-order valence-corrected chi connectivity index (χ2v) is 7.79. The Labute approximate surface area is 138 Å². The molecule has 1 nitrogen and oxygen atoms in total. The van der Waals surface area contributed by atoms with Crippen molar-refractivity contribution in [1.82, 2.24) is 0 Å². The van der Waals surface area contributed by atoms with E-state index in [4.69, 9.17) is 4.74 Å². The van der Waals surface area contributed by atoms with Gasteiger partial charge in [0.15, 0.2) is 0 Å². The van der Waals surface area contributed by atoms with E-state index in [1.807, 2.05) is 24.3 Å². The van der Waals surface area contributed by atoms with Gasteiger partial charge in [-0.15, -0.1) is 0 Å². The molecule has 0 bridgehead atoms. The van der Waals surface area contributed by atoms with Crippen LogP contribution in [-0.4, -0.2) is 6.61 Å². The molecule has 0 heterocycles. The van der Waals surface area contributed by atoms with Gasteiger partial charge in [-0.3, -0.25) is 0 Å². The predicted molar refractivity (Wildman–Crippen MR) is 75.7 cm³/mol. The summed E-state index contributed by atoms with van der Waals surface area (Å²) in [6.07, 6.45) is -2.19.